The van der Waals surface area contributed by atoms with E-state index in [0.717, 1.165) is 43.2 Å². The zero-order chi connectivity index (χ0) is 19.4. The fraction of sp³-hybridized carbons (Fsp3) is 0.632. The van der Waals surface area contributed by atoms with E-state index in [1.807, 2.05) is 10.9 Å². The van der Waals surface area contributed by atoms with Crippen LogP contribution in [0.3, 0.4) is 0 Å². The van der Waals surface area contributed by atoms with E-state index in [1.54, 1.807) is 6.92 Å². The van der Waals surface area contributed by atoms with Crippen molar-refractivity contribution in [3.05, 3.63) is 34.9 Å². The van der Waals surface area contributed by atoms with Gasteiger partial charge in [-0.05, 0) is 43.7 Å². The third kappa shape index (κ3) is 5.07. The van der Waals surface area contributed by atoms with Crippen molar-refractivity contribution in [2.45, 2.75) is 64.5 Å². The molecule has 7 nitrogen and oxygen atoms in total. The van der Waals surface area contributed by atoms with Gasteiger partial charge in [0.15, 0.2) is 5.69 Å². The van der Waals surface area contributed by atoms with Crippen molar-refractivity contribution in [2.75, 3.05) is 13.2 Å². The summed E-state index contributed by atoms with van der Waals surface area (Å²) in [6.45, 7) is 10.5. The summed E-state index contributed by atoms with van der Waals surface area (Å²) in [5.74, 6) is -0.0128. The number of fused-ring (bicyclic) bond motifs is 1. The molecule has 1 aliphatic rings. The minimum atomic E-state index is -1.07. The zero-order valence-corrected chi connectivity index (χ0v) is 17.7. The Labute approximate surface area is 161 Å². The molecular weight excluding hydrogens is 360 g/mol. The molecule has 2 heterocycles. The van der Waals surface area contributed by atoms with E-state index >= 15 is 0 Å². The maximum Gasteiger partial charge on any atom is 0.359 e. The molecule has 2 aromatic rings. The van der Waals surface area contributed by atoms with Gasteiger partial charge in [0.2, 0.25) is 0 Å². The van der Waals surface area contributed by atoms with E-state index in [4.69, 9.17) is 9.47 Å². The van der Waals surface area contributed by atoms with E-state index in [2.05, 4.69) is 41.1 Å². The Morgan fingerprint density at radius 1 is 1.41 bits per heavy atom. The number of H-pyrrole nitrogens is 1. The Morgan fingerprint density at radius 3 is 2.96 bits per heavy atom. The number of aromatic nitrogens is 4. The molecule has 0 bridgehead atoms. The van der Waals surface area contributed by atoms with Gasteiger partial charge in [0.1, 0.15) is 6.73 Å². The molecule has 8 heteroatoms. The van der Waals surface area contributed by atoms with Crippen LogP contribution in [0.1, 0.15) is 46.6 Å². The molecule has 0 aliphatic heterocycles. The third-order valence-electron chi connectivity index (χ3n) is 4.96. The highest BCUT2D eigenvalue weighted by Gasteiger charge is 2.28. The number of nitrogens with zero attached hydrogens (tertiary/aromatic N) is 3. The summed E-state index contributed by atoms with van der Waals surface area (Å²) in [7, 11) is -1.07. The van der Waals surface area contributed by atoms with Crippen molar-refractivity contribution in [3.8, 4) is 0 Å². The minimum Gasteiger partial charge on any atom is -0.461 e. The van der Waals surface area contributed by atoms with Gasteiger partial charge in [-0.15, -0.1) is 0 Å². The van der Waals surface area contributed by atoms with Crippen LogP contribution >= 0.6 is 0 Å². The van der Waals surface area contributed by atoms with Gasteiger partial charge in [-0.2, -0.15) is 10.2 Å². The summed E-state index contributed by atoms with van der Waals surface area (Å²) < 4.78 is 12.8. The second-order valence-electron chi connectivity index (χ2n) is 8.35. The number of carbonyl (C=O) groups is 1. The topological polar surface area (TPSA) is 82.0 Å². The van der Waals surface area contributed by atoms with Crippen molar-refractivity contribution < 1.29 is 14.3 Å². The molecule has 148 valence electrons. The van der Waals surface area contributed by atoms with Crippen LogP contribution in [0.15, 0.2) is 12.4 Å². The highest BCUT2D eigenvalue weighted by Crippen LogP contribution is 2.33. The summed E-state index contributed by atoms with van der Waals surface area (Å²) in [4.78, 5) is 12.1. The number of aryl methyl sites for hydroxylation is 1. The van der Waals surface area contributed by atoms with Gasteiger partial charge < -0.3 is 9.47 Å². The van der Waals surface area contributed by atoms with E-state index in [9.17, 15) is 4.79 Å². The van der Waals surface area contributed by atoms with Crippen LogP contribution in [0.5, 0.6) is 0 Å². The van der Waals surface area contributed by atoms with Gasteiger partial charge >= 0.3 is 5.97 Å². The standard InChI is InChI=1S/C19H30N4O3Si/c1-5-26-19(24)18-16-10-14(6-7-17(16)21-22-18)15-11-20-23(12-15)13-25-8-9-27(2,3)4/h11-12,14H,5-10,13H2,1-4H3,(H,21,22). The molecule has 1 aliphatic carbocycles. The number of esters is 1. The van der Waals surface area contributed by atoms with E-state index in [-0.39, 0.29) is 5.97 Å². The maximum absolute atomic E-state index is 12.1. The number of ether oxygens (including phenoxy) is 2. The van der Waals surface area contributed by atoms with Crippen LogP contribution in [-0.2, 0) is 29.0 Å². The minimum absolute atomic E-state index is 0.332. The van der Waals surface area contributed by atoms with Gasteiger partial charge in [-0.1, -0.05) is 19.6 Å². The van der Waals surface area contributed by atoms with Gasteiger partial charge in [-0.25, -0.2) is 9.48 Å². The molecule has 2 aromatic heterocycles. The smallest absolute Gasteiger partial charge is 0.359 e. The molecular formula is C19H30N4O3Si. The van der Waals surface area contributed by atoms with Crippen molar-refractivity contribution in [2.24, 2.45) is 0 Å². The summed E-state index contributed by atoms with van der Waals surface area (Å²) in [6.07, 6.45) is 6.65. The van der Waals surface area contributed by atoms with Crippen LogP contribution in [-0.4, -0.2) is 47.2 Å². The Hall–Kier alpha value is -1.93. The predicted molar refractivity (Wildman–Crippen MR) is 106 cm³/mol. The number of rotatable bonds is 8. The first-order valence-electron chi connectivity index (χ1n) is 9.70. The lowest BCUT2D eigenvalue weighted by Crippen LogP contribution is -2.22. The van der Waals surface area contributed by atoms with Crippen molar-refractivity contribution >= 4 is 14.0 Å². The summed E-state index contributed by atoms with van der Waals surface area (Å²) in [5, 5.41) is 11.6. The first-order chi connectivity index (χ1) is 12.9. The highest BCUT2D eigenvalue weighted by molar-refractivity contribution is 6.76. The molecule has 0 spiro atoms. The van der Waals surface area contributed by atoms with Crippen molar-refractivity contribution in [1.29, 1.82) is 0 Å². The van der Waals surface area contributed by atoms with E-state index < -0.39 is 8.07 Å². The molecule has 3 rings (SSSR count). The second-order valence-corrected chi connectivity index (χ2v) is 14.0. The predicted octanol–water partition coefficient (Wildman–Crippen LogP) is 3.37. The molecule has 1 atom stereocenters. The SMILES string of the molecule is CCOC(=O)c1n[nH]c2c1CC(c1cnn(COCC[Si](C)(C)C)c1)CC2. The zero-order valence-electron chi connectivity index (χ0n) is 16.7. The monoisotopic (exact) mass is 390 g/mol. The summed E-state index contributed by atoms with van der Waals surface area (Å²) in [5.41, 5.74) is 3.66. The Balaban J connectivity index is 1.60. The molecule has 1 unspecified atom stereocenters. The fourth-order valence-electron chi connectivity index (χ4n) is 3.35. The van der Waals surface area contributed by atoms with Crippen LogP contribution in [0.25, 0.3) is 0 Å². The normalized spacial score (nSPS) is 17.0. The number of carbonyl (C=O) groups excluding carboxylic acids is 1. The molecule has 27 heavy (non-hydrogen) atoms. The molecule has 0 saturated carbocycles. The largest absolute Gasteiger partial charge is 0.461 e. The summed E-state index contributed by atoms with van der Waals surface area (Å²) >= 11 is 0. The number of nitrogens with one attached hydrogen (secondary N) is 1. The van der Waals surface area contributed by atoms with Gasteiger partial charge in [0, 0.05) is 32.1 Å². The van der Waals surface area contributed by atoms with Crippen LogP contribution < -0.4 is 0 Å². The van der Waals surface area contributed by atoms with Gasteiger partial charge in [0.25, 0.3) is 0 Å². The lowest BCUT2D eigenvalue weighted by Gasteiger charge is -2.21. The molecule has 0 fully saturated rings. The lowest BCUT2D eigenvalue weighted by molar-refractivity contribution is 0.0518. The Morgan fingerprint density at radius 2 is 2.22 bits per heavy atom. The fourth-order valence-corrected chi connectivity index (χ4v) is 4.10. The molecule has 0 amide bonds. The van der Waals surface area contributed by atoms with Crippen molar-refractivity contribution in [1.82, 2.24) is 20.0 Å². The second kappa shape index (κ2) is 8.39. The third-order valence-corrected chi connectivity index (χ3v) is 6.66. The molecule has 1 N–H and O–H groups in total. The quantitative estimate of drug-likeness (QED) is 0.424. The number of hydrogen-bond donors (Lipinski definition) is 1. The maximum atomic E-state index is 12.1. The average molecular weight is 391 g/mol. The summed E-state index contributed by atoms with van der Waals surface area (Å²) in [6, 6.07) is 1.16. The van der Waals surface area contributed by atoms with Crippen molar-refractivity contribution in [3.63, 3.8) is 0 Å². The van der Waals surface area contributed by atoms with Crippen LogP contribution in [0, 0.1) is 0 Å². The Bertz CT molecular complexity index is 778. The number of aromatic amines is 1. The van der Waals surface area contributed by atoms with Crippen LogP contribution in [0.2, 0.25) is 25.7 Å². The van der Waals surface area contributed by atoms with Gasteiger partial charge in [-0.3, -0.25) is 5.10 Å². The average Bonchev–Trinajstić information content (AvgIpc) is 3.24. The van der Waals surface area contributed by atoms with E-state index in [0.29, 0.717) is 24.9 Å². The number of hydrogen-bond acceptors (Lipinski definition) is 5. The van der Waals surface area contributed by atoms with Crippen LogP contribution in [0.4, 0.5) is 0 Å². The highest BCUT2D eigenvalue weighted by atomic mass is 28.3. The molecule has 0 aromatic carbocycles. The first kappa shape index (κ1) is 19.8. The Kier molecular flexibility index (Phi) is 6.16. The van der Waals surface area contributed by atoms with E-state index in [1.165, 1.54) is 5.56 Å². The lowest BCUT2D eigenvalue weighted by atomic mass is 9.83. The molecule has 0 radical (unpaired) electrons. The van der Waals surface area contributed by atoms with Gasteiger partial charge in [0.05, 0.1) is 12.8 Å². The molecule has 0 saturated heterocycles. The first-order valence-corrected chi connectivity index (χ1v) is 13.4.